The molecule has 24 heavy (non-hydrogen) atoms. The molecule has 2 rings (SSSR count). The first kappa shape index (κ1) is 17.9. The van der Waals surface area contributed by atoms with Crippen molar-refractivity contribution in [2.45, 2.75) is 45.7 Å². The minimum Gasteiger partial charge on any atom is -0.338 e. The van der Waals surface area contributed by atoms with Gasteiger partial charge in [-0.1, -0.05) is 19.1 Å². The maximum atomic E-state index is 12.9. The molecule has 0 aliphatic rings. The van der Waals surface area contributed by atoms with Crippen LogP contribution in [0.3, 0.4) is 0 Å². The molecule has 0 unspecified atom stereocenters. The Kier molecular flexibility index (Phi) is 5.54. The fourth-order valence-electron chi connectivity index (χ4n) is 2.32. The number of nitrogens with one attached hydrogen (secondary N) is 2. The van der Waals surface area contributed by atoms with Crippen molar-refractivity contribution >= 4 is 6.03 Å². The van der Waals surface area contributed by atoms with Crippen LogP contribution in [-0.4, -0.2) is 27.3 Å². The quantitative estimate of drug-likeness (QED) is 0.884. The fraction of sp³-hybridized carbons (Fsp3) is 0.471. The normalized spacial score (nSPS) is 12.7. The average Bonchev–Trinajstić information content (AvgIpc) is 3.00. The summed E-state index contributed by atoms with van der Waals surface area (Å²) in [5.41, 5.74) is 0.783. The Balaban J connectivity index is 1.82. The first-order valence-corrected chi connectivity index (χ1v) is 7.94. The van der Waals surface area contributed by atoms with Crippen LogP contribution >= 0.6 is 0 Å². The Morgan fingerprint density at radius 2 is 1.92 bits per heavy atom. The van der Waals surface area contributed by atoms with E-state index < -0.39 is 0 Å². The minimum absolute atomic E-state index is 0.0922. The molecule has 130 valence electrons. The lowest BCUT2D eigenvalue weighted by atomic mass is 10.0. The van der Waals surface area contributed by atoms with Gasteiger partial charge >= 0.3 is 6.03 Å². The van der Waals surface area contributed by atoms with Gasteiger partial charge in [-0.3, -0.25) is 0 Å². The Labute approximate surface area is 141 Å². The van der Waals surface area contributed by atoms with Crippen molar-refractivity contribution in [3.63, 3.8) is 0 Å². The predicted octanol–water partition coefficient (Wildman–Crippen LogP) is 2.78. The second-order valence-electron chi connectivity index (χ2n) is 6.78. The Morgan fingerprint density at radius 1 is 1.25 bits per heavy atom. The molecule has 1 heterocycles. The van der Waals surface area contributed by atoms with Crippen LogP contribution in [0.25, 0.3) is 0 Å². The van der Waals surface area contributed by atoms with Gasteiger partial charge in [-0.25, -0.2) is 18.9 Å². The van der Waals surface area contributed by atoms with Crippen molar-refractivity contribution in [3.8, 4) is 0 Å². The number of hydrogen-bond donors (Lipinski definition) is 2. The summed E-state index contributed by atoms with van der Waals surface area (Å²) in [7, 11) is 0. The number of halogens is 1. The molecule has 0 saturated carbocycles. The maximum Gasteiger partial charge on any atom is 0.315 e. The van der Waals surface area contributed by atoms with Crippen molar-refractivity contribution in [2.75, 3.05) is 6.54 Å². The van der Waals surface area contributed by atoms with E-state index in [9.17, 15) is 9.18 Å². The molecule has 0 aliphatic heterocycles. The van der Waals surface area contributed by atoms with Crippen LogP contribution in [0.5, 0.6) is 0 Å². The van der Waals surface area contributed by atoms with E-state index in [0.29, 0.717) is 18.9 Å². The second kappa shape index (κ2) is 7.42. The molecule has 7 heteroatoms. The SMILES string of the molecule is C[C@@H](CNC(=O)NCc1ncnn1C(C)(C)C)c1ccc(F)cc1. The smallest absolute Gasteiger partial charge is 0.315 e. The zero-order valence-electron chi connectivity index (χ0n) is 14.5. The highest BCUT2D eigenvalue weighted by Crippen LogP contribution is 2.15. The average molecular weight is 333 g/mol. The van der Waals surface area contributed by atoms with E-state index in [4.69, 9.17) is 0 Å². The van der Waals surface area contributed by atoms with E-state index in [-0.39, 0.29) is 23.3 Å². The fourth-order valence-corrected chi connectivity index (χ4v) is 2.32. The van der Waals surface area contributed by atoms with Gasteiger partial charge in [-0.15, -0.1) is 0 Å². The van der Waals surface area contributed by atoms with Gasteiger partial charge in [0.15, 0.2) is 0 Å². The van der Waals surface area contributed by atoms with E-state index in [1.165, 1.54) is 18.5 Å². The number of carbonyl (C=O) groups excluding carboxylic acids is 1. The van der Waals surface area contributed by atoms with Crippen molar-refractivity contribution in [3.05, 3.63) is 47.8 Å². The van der Waals surface area contributed by atoms with Crippen LogP contribution in [0.1, 0.15) is 45.0 Å². The van der Waals surface area contributed by atoms with Crippen molar-refractivity contribution in [2.24, 2.45) is 0 Å². The number of amides is 2. The maximum absolute atomic E-state index is 12.9. The number of benzene rings is 1. The third kappa shape index (κ3) is 4.78. The third-order valence-corrected chi connectivity index (χ3v) is 3.67. The van der Waals surface area contributed by atoms with E-state index in [1.54, 1.807) is 16.8 Å². The lowest BCUT2D eigenvalue weighted by molar-refractivity contribution is 0.238. The molecule has 0 spiro atoms. The lowest BCUT2D eigenvalue weighted by Gasteiger charge is -2.21. The zero-order chi connectivity index (χ0) is 17.7. The number of carbonyl (C=O) groups is 1. The van der Waals surface area contributed by atoms with Gasteiger partial charge in [-0.2, -0.15) is 5.10 Å². The highest BCUT2D eigenvalue weighted by molar-refractivity contribution is 5.73. The van der Waals surface area contributed by atoms with Gasteiger partial charge in [0, 0.05) is 6.54 Å². The second-order valence-corrected chi connectivity index (χ2v) is 6.78. The predicted molar refractivity (Wildman–Crippen MR) is 90.1 cm³/mol. The molecule has 0 radical (unpaired) electrons. The Bertz CT molecular complexity index is 675. The first-order chi connectivity index (χ1) is 11.3. The third-order valence-electron chi connectivity index (χ3n) is 3.67. The summed E-state index contributed by atoms with van der Waals surface area (Å²) in [6, 6.07) is 6.03. The summed E-state index contributed by atoms with van der Waals surface area (Å²) < 4.78 is 14.7. The molecule has 2 aromatic rings. The Hall–Kier alpha value is -2.44. The number of urea groups is 1. The number of rotatable bonds is 5. The zero-order valence-corrected chi connectivity index (χ0v) is 14.5. The van der Waals surface area contributed by atoms with Gasteiger partial charge in [-0.05, 0) is 44.4 Å². The van der Waals surface area contributed by atoms with Crippen LogP contribution in [0.15, 0.2) is 30.6 Å². The molecule has 0 fully saturated rings. The molecule has 0 bridgehead atoms. The Morgan fingerprint density at radius 3 is 2.54 bits per heavy atom. The summed E-state index contributed by atoms with van der Waals surface area (Å²) in [5, 5.41) is 9.78. The standard InChI is InChI=1S/C17H24FN5O/c1-12(13-5-7-14(18)8-6-13)9-19-16(24)20-10-15-21-11-22-23(15)17(2,3)4/h5-8,11-12H,9-10H2,1-4H3,(H2,19,20,24)/t12-/m0/s1. The van der Waals surface area contributed by atoms with Crippen LogP contribution in [-0.2, 0) is 12.1 Å². The summed E-state index contributed by atoms with van der Waals surface area (Å²) in [4.78, 5) is 16.1. The van der Waals surface area contributed by atoms with Crippen molar-refractivity contribution < 1.29 is 9.18 Å². The van der Waals surface area contributed by atoms with Crippen LogP contribution in [0.2, 0.25) is 0 Å². The molecule has 6 nitrogen and oxygen atoms in total. The van der Waals surface area contributed by atoms with Gasteiger partial charge in [0.25, 0.3) is 0 Å². The van der Waals surface area contributed by atoms with E-state index in [0.717, 1.165) is 5.56 Å². The molecular formula is C17H24FN5O. The number of nitrogens with zero attached hydrogens (tertiary/aromatic N) is 3. The number of aromatic nitrogens is 3. The molecule has 2 amide bonds. The van der Waals surface area contributed by atoms with Gasteiger partial charge in [0.05, 0.1) is 12.1 Å². The molecule has 1 aromatic heterocycles. The topological polar surface area (TPSA) is 71.8 Å². The molecule has 1 atom stereocenters. The highest BCUT2D eigenvalue weighted by Gasteiger charge is 2.18. The highest BCUT2D eigenvalue weighted by atomic mass is 19.1. The number of hydrogen-bond acceptors (Lipinski definition) is 3. The monoisotopic (exact) mass is 333 g/mol. The van der Waals surface area contributed by atoms with E-state index in [1.807, 2.05) is 27.7 Å². The van der Waals surface area contributed by atoms with E-state index >= 15 is 0 Å². The largest absolute Gasteiger partial charge is 0.338 e. The van der Waals surface area contributed by atoms with Crippen LogP contribution in [0.4, 0.5) is 9.18 Å². The van der Waals surface area contributed by atoms with Crippen molar-refractivity contribution in [1.82, 2.24) is 25.4 Å². The van der Waals surface area contributed by atoms with Crippen LogP contribution in [0, 0.1) is 5.82 Å². The van der Waals surface area contributed by atoms with Crippen molar-refractivity contribution in [1.29, 1.82) is 0 Å². The van der Waals surface area contributed by atoms with Crippen LogP contribution < -0.4 is 10.6 Å². The lowest BCUT2D eigenvalue weighted by Crippen LogP contribution is -2.38. The molecule has 1 aromatic carbocycles. The van der Waals surface area contributed by atoms with Gasteiger partial charge in [0.1, 0.15) is 18.0 Å². The van der Waals surface area contributed by atoms with E-state index in [2.05, 4.69) is 20.7 Å². The summed E-state index contributed by atoms with van der Waals surface area (Å²) in [6.07, 6.45) is 1.48. The molecule has 2 N–H and O–H groups in total. The molecule has 0 aliphatic carbocycles. The summed E-state index contributed by atoms with van der Waals surface area (Å²) in [5.74, 6) is 0.526. The molecular weight excluding hydrogens is 309 g/mol. The van der Waals surface area contributed by atoms with Gasteiger partial charge < -0.3 is 10.6 Å². The first-order valence-electron chi connectivity index (χ1n) is 7.94. The summed E-state index contributed by atoms with van der Waals surface area (Å²) >= 11 is 0. The molecule has 0 saturated heterocycles. The summed E-state index contributed by atoms with van der Waals surface area (Å²) in [6.45, 7) is 8.81. The van der Waals surface area contributed by atoms with Gasteiger partial charge in [0.2, 0.25) is 0 Å². The minimum atomic E-state index is -0.271.